The Balaban J connectivity index is 1.72. The number of hydrazone groups is 1. The average Bonchev–Trinajstić information content (AvgIpc) is 3.32. The van der Waals surface area contributed by atoms with E-state index in [-0.39, 0.29) is 35.9 Å². The van der Waals surface area contributed by atoms with E-state index in [2.05, 4.69) is 19.9 Å². The van der Waals surface area contributed by atoms with Gasteiger partial charge < -0.3 is 19.5 Å². The number of nitrogens with zero attached hydrogens (tertiary/aromatic N) is 2. The molecule has 3 aromatic carbocycles. The van der Waals surface area contributed by atoms with Crippen LogP contribution in [-0.2, 0) is 14.9 Å². The zero-order valence-corrected chi connectivity index (χ0v) is 21.9. The Labute approximate surface area is 235 Å². The molecule has 0 spiro atoms. The lowest BCUT2D eigenvalue weighted by Crippen LogP contribution is -2.48. The van der Waals surface area contributed by atoms with Gasteiger partial charge in [0.25, 0.3) is 0 Å². The second-order valence-corrected chi connectivity index (χ2v) is 8.98. The first-order chi connectivity index (χ1) is 19.4. The fourth-order valence-corrected chi connectivity index (χ4v) is 4.31. The number of alkyl halides is 5. The van der Waals surface area contributed by atoms with Crippen LogP contribution in [0.25, 0.3) is 0 Å². The quantitative estimate of drug-likeness (QED) is 0.234. The smallest absolute Gasteiger partial charge is 0.465 e. The maximum Gasteiger partial charge on any atom is 0.573 e. The van der Waals surface area contributed by atoms with E-state index >= 15 is 0 Å². The minimum Gasteiger partial charge on any atom is -0.465 e. The van der Waals surface area contributed by atoms with Gasteiger partial charge in [0.2, 0.25) is 0 Å². The fraction of sp³-hybridized carbons (Fsp3) is 0.222. The van der Waals surface area contributed by atoms with Gasteiger partial charge in [0.05, 0.1) is 18.9 Å². The second-order valence-electron chi connectivity index (χ2n) is 8.54. The first-order valence-corrected chi connectivity index (χ1v) is 12.3. The molecular weight excluding hydrogens is 577 g/mol. The predicted octanol–water partition coefficient (Wildman–Crippen LogP) is 6.59. The van der Waals surface area contributed by atoms with Gasteiger partial charge in [-0.2, -0.15) is 13.9 Å². The summed E-state index contributed by atoms with van der Waals surface area (Å²) in [5.41, 5.74) is -0.779. The van der Waals surface area contributed by atoms with Gasteiger partial charge in [-0.1, -0.05) is 35.9 Å². The maximum atomic E-state index is 13.6. The molecule has 1 aliphatic rings. The molecular formula is C27H21ClF5N3O5. The first kappa shape index (κ1) is 29.6. The van der Waals surface area contributed by atoms with Crippen LogP contribution in [0.1, 0.15) is 18.1 Å². The van der Waals surface area contributed by atoms with Crippen LogP contribution in [0.2, 0.25) is 5.02 Å². The maximum absolute atomic E-state index is 13.6. The van der Waals surface area contributed by atoms with Crippen LogP contribution < -0.4 is 14.8 Å². The molecule has 1 atom stereocenters. The highest BCUT2D eigenvalue weighted by molar-refractivity contribution is 6.31. The molecule has 14 heteroatoms. The zero-order valence-electron chi connectivity index (χ0n) is 21.1. The molecule has 1 unspecified atom stereocenters. The zero-order chi connectivity index (χ0) is 29.8. The van der Waals surface area contributed by atoms with Gasteiger partial charge >= 0.3 is 25.0 Å². The topological polar surface area (TPSA) is 89.5 Å². The highest BCUT2D eigenvalue weighted by Gasteiger charge is 2.53. The Morgan fingerprint density at radius 3 is 2.17 bits per heavy atom. The number of benzene rings is 3. The minimum atomic E-state index is -4.88. The number of hydrogen-bond acceptors (Lipinski definition) is 6. The van der Waals surface area contributed by atoms with Crippen molar-refractivity contribution in [3.63, 3.8) is 0 Å². The lowest BCUT2D eigenvalue weighted by molar-refractivity contribution is -0.274. The number of halogens is 6. The van der Waals surface area contributed by atoms with Crippen LogP contribution in [0.5, 0.6) is 11.5 Å². The Morgan fingerprint density at radius 1 is 1.00 bits per heavy atom. The molecule has 2 amide bonds. The summed E-state index contributed by atoms with van der Waals surface area (Å²) in [6, 6.07) is 15.2. The van der Waals surface area contributed by atoms with Gasteiger partial charge in [-0.25, -0.2) is 9.80 Å². The van der Waals surface area contributed by atoms with E-state index in [4.69, 9.17) is 16.3 Å². The molecule has 3 aromatic rings. The van der Waals surface area contributed by atoms with Crippen molar-refractivity contribution in [1.82, 2.24) is 5.01 Å². The van der Waals surface area contributed by atoms with Crippen molar-refractivity contribution in [3.05, 3.63) is 88.9 Å². The monoisotopic (exact) mass is 597 g/mol. The number of carbonyl (C=O) groups excluding carboxylic acids is 2. The molecule has 0 bridgehead atoms. The molecule has 0 aromatic heterocycles. The third-order valence-corrected chi connectivity index (χ3v) is 6.15. The number of hydrogen-bond donors (Lipinski definition) is 1. The van der Waals surface area contributed by atoms with E-state index in [1.54, 1.807) is 31.2 Å². The number of carbonyl (C=O) groups is 2. The highest BCUT2D eigenvalue weighted by Crippen LogP contribution is 2.38. The number of ether oxygens (including phenoxy) is 3. The SMILES string of the molecule is CCOC(=O)C1(c2ccc(OC(F)F)cc2)CN(C(=O)Nc2ccc(OC(F)(F)F)cc2)N=C1c1ccc(Cl)cc1. The average molecular weight is 598 g/mol. The van der Waals surface area contributed by atoms with Gasteiger partial charge in [0.15, 0.2) is 5.41 Å². The lowest BCUT2D eigenvalue weighted by Gasteiger charge is -2.29. The number of urea groups is 1. The first-order valence-electron chi connectivity index (χ1n) is 11.9. The molecule has 0 radical (unpaired) electrons. The number of nitrogens with one attached hydrogen (secondary N) is 1. The summed E-state index contributed by atoms with van der Waals surface area (Å²) < 4.78 is 76.5. The van der Waals surface area contributed by atoms with Crippen molar-refractivity contribution in [2.45, 2.75) is 25.3 Å². The summed E-state index contributed by atoms with van der Waals surface area (Å²) in [7, 11) is 0. The van der Waals surface area contributed by atoms with Gasteiger partial charge in [0, 0.05) is 10.7 Å². The van der Waals surface area contributed by atoms with Crippen molar-refractivity contribution >= 4 is 35.0 Å². The summed E-state index contributed by atoms with van der Waals surface area (Å²) in [5.74, 6) is -1.40. The summed E-state index contributed by atoms with van der Waals surface area (Å²) in [6.45, 7) is -1.85. The molecule has 1 N–H and O–H groups in total. The van der Waals surface area contributed by atoms with E-state index in [1.807, 2.05) is 0 Å². The van der Waals surface area contributed by atoms with Crippen molar-refractivity contribution < 1.29 is 45.8 Å². The van der Waals surface area contributed by atoms with Crippen LogP contribution >= 0.6 is 11.6 Å². The largest absolute Gasteiger partial charge is 0.573 e. The van der Waals surface area contributed by atoms with Gasteiger partial charge in [-0.15, -0.1) is 13.2 Å². The summed E-state index contributed by atoms with van der Waals surface area (Å²) in [6.07, 6.45) is -4.88. The molecule has 0 saturated heterocycles. The second kappa shape index (κ2) is 12.0. The van der Waals surface area contributed by atoms with Gasteiger partial charge in [-0.3, -0.25) is 4.79 Å². The van der Waals surface area contributed by atoms with E-state index in [1.165, 1.54) is 36.4 Å². The molecule has 216 valence electrons. The van der Waals surface area contributed by atoms with Crippen molar-refractivity contribution in [2.24, 2.45) is 5.10 Å². The third-order valence-electron chi connectivity index (χ3n) is 5.90. The number of anilines is 1. The van der Waals surface area contributed by atoms with Crippen LogP contribution in [-0.4, -0.2) is 48.8 Å². The normalized spacial score (nSPS) is 16.8. The Hall–Kier alpha value is -4.39. The fourth-order valence-electron chi connectivity index (χ4n) is 4.18. The molecule has 0 fully saturated rings. The predicted molar refractivity (Wildman–Crippen MR) is 138 cm³/mol. The highest BCUT2D eigenvalue weighted by atomic mass is 35.5. The van der Waals surface area contributed by atoms with Crippen molar-refractivity contribution in [2.75, 3.05) is 18.5 Å². The van der Waals surface area contributed by atoms with E-state index in [9.17, 15) is 31.5 Å². The standard InChI is InChI=1S/C27H21ClF5N3O5/c1-2-39-23(37)26(17-5-11-20(12-6-17)40-24(29)30)15-36(35-22(26)16-3-7-18(28)8-4-16)25(38)34-19-9-13-21(14-10-19)41-27(31,32)33/h3-14,24H,2,15H2,1H3,(H,34,38). The minimum absolute atomic E-state index is 0.0143. The number of amides is 2. The van der Waals surface area contributed by atoms with Gasteiger partial charge in [-0.05, 0) is 66.6 Å². The molecule has 0 aliphatic carbocycles. The lowest BCUT2D eigenvalue weighted by atomic mass is 9.74. The third kappa shape index (κ3) is 6.85. The Kier molecular flexibility index (Phi) is 8.66. The summed E-state index contributed by atoms with van der Waals surface area (Å²) in [4.78, 5) is 26.9. The molecule has 1 aliphatic heterocycles. The van der Waals surface area contributed by atoms with Crippen molar-refractivity contribution in [1.29, 1.82) is 0 Å². The van der Waals surface area contributed by atoms with E-state index < -0.39 is 36.1 Å². The molecule has 41 heavy (non-hydrogen) atoms. The Morgan fingerprint density at radius 2 is 1.61 bits per heavy atom. The van der Waals surface area contributed by atoms with Gasteiger partial charge in [0.1, 0.15) is 11.5 Å². The van der Waals surface area contributed by atoms with Crippen LogP contribution in [0.3, 0.4) is 0 Å². The van der Waals surface area contributed by atoms with E-state index in [0.29, 0.717) is 10.6 Å². The number of rotatable bonds is 8. The Bertz CT molecular complexity index is 1420. The molecule has 0 saturated carbocycles. The van der Waals surface area contributed by atoms with E-state index in [0.717, 1.165) is 17.1 Å². The summed E-state index contributed by atoms with van der Waals surface area (Å²) >= 11 is 6.04. The van der Waals surface area contributed by atoms with Crippen LogP contribution in [0.15, 0.2) is 77.9 Å². The van der Waals surface area contributed by atoms with Crippen LogP contribution in [0.4, 0.5) is 32.4 Å². The number of esters is 1. The van der Waals surface area contributed by atoms with Crippen molar-refractivity contribution in [3.8, 4) is 11.5 Å². The molecule has 8 nitrogen and oxygen atoms in total. The molecule has 4 rings (SSSR count). The summed E-state index contributed by atoms with van der Waals surface area (Å²) in [5, 5.41) is 8.30. The van der Waals surface area contributed by atoms with Crippen LogP contribution in [0, 0.1) is 0 Å². The molecule has 1 heterocycles.